The van der Waals surface area contributed by atoms with Crippen LogP contribution in [0.5, 0.6) is 0 Å². The first kappa shape index (κ1) is 22.9. The van der Waals surface area contributed by atoms with Crippen LogP contribution in [-0.2, 0) is 0 Å². The third-order valence-electron chi connectivity index (χ3n) is 7.20. The summed E-state index contributed by atoms with van der Waals surface area (Å²) in [5.41, 5.74) is 9.80. The highest BCUT2D eigenvalue weighted by Crippen LogP contribution is 2.39. The second kappa shape index (κ2) is 9.58. The van der Waals surface area contributed by atoms with Gasteiger partial charge in [-0.25, -0.2) is 9.97 Å². The van der Waals surface area contributed by atoms with E-state index in [1.807, 2.05) is 12.3 Å². The summed E-state index contributed by atoms with van der Waals surface area (Å²) < 4.78 is 4.43. The Morgan fingerprint density at radius 3 is 1.77 bits per heavy atom. The summed E-state index contributed by atoms with van der Waals surface area (Å²) in [5.74, 6) is 1.80. The van der Waals surface area contributed by atoms with E-state index in [1.54, 1.807) is 0 Å². The van der Waals surface area contributed by atoms with Crippen molar-refractivity contribution >= 4 is 11.0 Å². The Morgan fingerprint density at radius 1 is 0.564 bits per heavy atom. The zero-order valence-electron chi connectivity index (χ0n) is 21.6. The number of hydrogen-bond donors (Lipinski definition) is 0. The predicted octanol–water partition coefficient (Wildman–Crippen LogP) is 8.52. The largest absolute Gasteiger partial charge is 0.298 e. The van der Waals surface area contributed by atoms with Gasteiger partial charge < -0.3 is 0 Å². The van der Waals surface area contributed by atoms with Gasteiger partial charge >= 0.3 is 0 Å². The molecule has 4 heteroatoms. The molecule has 0 aliphatic carbocycles. The number of rotatable bonds is 5. The standard InChI is InChI=1S/C35H26N4/c1-25-37-33-31(21-12-22-32(33)39(25)28-17-9-4-10-18-28)35-36-23-24-38(35)34-29(26-13-5-2-6-14-26)19-11-20-30(34)27-15-7-3-8-16-27/h2-24H,1H3. The summed E-state index contributed by atoms with van der Waals surface area (Å²) in [4.78, 5) is 9.96. The van der Waals surface area contributed by atoms with Gasteiger partial charge in [0.1, 0.15) is 17.2 Å². The molecule has 0 unspecified atom stereocenters. The van der Waals surface area contributed by atoms with E-state index in [0.717, 1.165) is 61.9 Å². The van der Waals surface area contributed by atoms with Crippen molar-refractivity contribution in [3.63, 3.8) is 0 Å². The van der Waals surface area contributed by atoms with Crippen LogP contribution in [0.15, 0.2) is 140 Å². The fourth-order valence-corrected chi connectivity index (χ4v) is 5.49. The SMILES string of the molecule is Cc1nc2c(-c3nccn3-c3c(-c4ccccc4)cccc3-c3ccccc3)cccc2n1-c1ccccc1. The van der Waals surface area contributed by atoms with Crippen LogP contribution in [0.2, 0.25) is 0 Å². The van der Waals surface area contributed by atoms with Crippen molar-refractivity contribution in [1.29, 1.82) is 0 Å². The van der Waals surface area contributed by atoms with Crippen LogP contribution in [0.3, 0.4) is 0 Å². The van der Waals surface area contributed by atoms with Crippen molar-refractivity contribution in [1.82, 2.24) is 19.1 Å². The van der Waals surface area contributed by atoms with Crippen molar-refractivity contribution in [3.8, 4) is 45.0 Å². The number of imidazole rings is 2. The molecule has 0 aliphatic rings. The lowest BCUT2D eigenvalue weighted by Gasteiger charge is -2.19. The maximum atomic E-state index is 5.05. The fourth-order valence-electron chi connectivity index (χ4n) is 5.49. The zero-order chi connectivity index (χ0) is 26.2. The molecule has 2 aromatic heterocycles. The summed E-state index contributed by atoms with van der Waals surface area (Å²) in [6.45, 7) is 2.06. The molecule has 0 amide bonds. The van der Waals surface area contributed by atoms with Gasteiger partial charge in [-0.2, -0.15) is 0 Å². The summed E-state index contributed by atoms with van der Waals surface area (Å²) >= 11 is 0. The van der Waals surface area contributed by atoms with Crippen molar-refractivity contribution in [2.24, 2.45) is 0 Å². The minimum absolute atomic E-state index is 0.860. The predicted molar refractivity (Wildman–Crippen MR) is 159 cm³/mol. The Labute approximate surface area is 227 Å². The molecule has 0 bridgehead atoms. The van der Waals surface area contributed by atoms with E-state index in [0.29, 0.717) is 0 Å². The lowest BCUT2D eigenvalue weighted by Crippen LogP contribution is -2.02. The lowest BCUT2D eigenvalue weighted by molar-refractivity contribution is 1.00. The molecular weight excluding hydrogens is 476 g/mol. The molecule has 39 heavy (non-hydrogen) atoms. The van der Waals surface area contributed by atoms with E-state index in [-0.39, 0.29) is 0 Å². The van der Waals surface area contributed by atoms with Crippen LogP contribution in [0.4, 0.5) is 0 Å². The Hall–Kier alpha value is -5.22. The second-order valence-electron chi connectivity index (χ2n) is 9.56. The maximum Gasteiger partial charge on any atom is 0.146 e. The fraction of sp³-hybridized carbons (Fsp3) is 0.0286. The summed E-state index contributed by atoms with van der Waals surface area (Å²) in [5, 5.41) is 0. The van der Waals surface area contributed by atoms with E-state index in [2.05, 4.69) is 144 Å². The highest BCUT2D eigenvalue weighted by atomic mass is 15.1. The van der Waals surface area contributed by atoms with Crippen LogP contribution in [0, 0.1) is 6.92 Å². The number of benzene rings is 5. The molecule has 2 heterocycles. The van der Waals surface area contributed by atoms with Gasteiger partial charge in [0.25, 0.3) is 0 Å². The average Bonchev–Trinajstić information content (AvgIpc) is 3.62. The molecule has 0 spiro atoms. The van der Waals surface area contributed by atoms with E-state index < -0.39 is 0 Å². The van der Waals surface area contributed by atoms with Crippen LogP contribution in [-0.4, -0.2) is 19.1 Å². The van der Waals surface area contributed by atoms with Gasteiger partial charge in [0.2, 0.25) is 0 Å². The van der Waals surface area contributed by atoms with E-state index in [1.165, 1.54) is 0 Å². The van der Waals surface area contributed by atoms with Gasteiger partial charge in [0.05, 0.1) is 11.2 Å². The third kappa shape index (κ3) is 3.94. The third-order valence-corrected chi connectivity index (χ3v) is 7.20. The highest BCUT2D eigenvalue weighted by Gasteiger charge is 2.20. The molecule has 0 saturated carbocycles. The molecule has 5 aromatic carbocycles. The van der Waals surface area contributed by atoms with Crippen LogP contribution in [0.25, 0.3) is 56.0 Å². The summed E-state index contributed by atoms with van der Waals surface area (Å²) in [7, 11) is 0. The maximum absolute atomic E-state index is 5.05. The number of hydrogen-bond acceptors (Lipinski definition) is 2. The molecule has 0 atom stereocenters. The van der Waals surface area contributed by atoms with Gasteiger partial charge in [-0.05, 0) is 42.3 Å². The number of aryl methyl sites for hydroxylation is 1. The summed E-state index contributed by atoms with van der Waals surface area (Å²) in [6.07, 6.45) is 3.94. The first-order valence-electron chi connectivity index (χ1n) is 13.1. The van der Waals surface area contributed by atoms with E-state index >= 15 is 0 Å². The Kier molecular flexibility index (Phi) is 5.64. The average molecular weight is 503 g/mol. The lowest BCUT2D eigenvalue weighted by atomic mass is 9.95. The summed E-state index contributed by atoms with van der Waals surface area (Å²) in [6, 6.07) is 44.4. The van der Waals surface area contributed by atoms with Gasteiger partial charge in [-0.3, -0.25) is 9.13 Å². The first-order chi connectivity index (χ1) is 19.3. The zero-order valence-corrected chi connectivity index (χ0v) is 21.6. The number of nitrogens with zero attached hydrogens (tertiary/aromatic N) is 4. The topological polar surface area (TPSA) is 35.6 Å². The van der Waals surface area contributed by atoms with Crippen LogP contribution >= 0.6 is 0 Å². The van der Waals surface area contributed by atoms with Crippen LogP contribution in [0.1, 0.15) is 5.82 Å². The Bertz CT molecular complexity index is 1840. The minimum Gasteiger partial charge on any atom is -0.298 e. The number of para-hydroxylation sites is 3. The van der Waals surface area contributed by atoms with Crippen molar-refractivity contribution < 1.29 is 0 Å². The van der Waals surface area contributed by atoms with Crippen molar-refractivity contribution in [3.05, 3.63) is 146 Å². The molecule has 0 fully saturated rings. The van der Waals surface area contributed by atoms with Crippen molar-refractivity contribution in [2.45, 2.75) is 6.92 Å². The molecule has 0 N–H and O–H groups in total. The Morgan fingerprint density at radius 2 is 1.13 bits per heavy atom. The van der Waals surface area contributed by atoms with Gasteiger partial charge in [-0.15, -0.1) is 0 Å². The quantitative estimate of drug-likeness (QED) is 0.236. The van der Waals surface area contributed by atoms with Gasteiger partial charge in [0.15, 0.2) is 0 Å². The Balaban J connectivity index is 1.49. The van der Waals surface area contributed by atoms with Crippen LogP contribution < -0.4 is 0 Å². The molecule has 7 rings (SSSR count). The highest BCUT2D eigenvalue weighted by molar-refractivity contribution is 5.93. The van der Waals surface area contributed by atoms with E-state index in [9.17, 15) is 0 Å². The molecule has 0 aliphatic heterocycles. The molecule has 4 nitrogen and oxygen atoms in total. The molecular formula is C35H26N4. The second-order valence-corrected chi connectivity index (χ2v) is 9.56. The van der Waals surface area contributed by atoms with E-state index in [4.69, 9.17) is 9.97 Å². The first-order valence-corrected chi connectivity index (χ1v) is 13.1. The van der Waals surface area contributed by atoms with Gasteiger partial charge in [-0.1, -0.05) is 103 Å². The monoisotopic (exact) mass is 502 g/mol. The molecule has 0 saturated heterocycles. The molecule has 0 radical (unpaired) electrons. The number of aromatic nitrogens is 4. The molecule has 7 aromatic rings. The van der Waals surface area contributed by atoms with Gasteiger partial charge in [0, 0.05) is 34.8 Å². The molecule has 186 valence electrons. The smallest absolute Gasteiger partial charge is 0.146 e. The minimum atomic E-state index is 0.860. The van der Waals surface area contributed by atoms with Crippen molar-refractivity contribution in [2.75, 3.05) is 0 Å². The number of fused-ring (bicyclic) bond motifs is 1. The normalized spacial score (nSPS) is 11.2.